The van der Waals surface area contributed by atoms with E-state index in [1.807, 2.05) is 91.0 Å². The van der Waals surface area contributed by atoms with Crippen LogP contribution in [0.1, 0.15) is 17.5 Å². The highest BCUT2D eigenvalue weighted by molar-refractivity contribution is 7.94. The number of sulfone groups is 1. The van der Waals surface area contributed by atoms with E-state index >= 15 is 0 Å². The molecule has 1 amide bonds. The first kappa shape index (κ1) is 27.7. The van der Waals surface area contributed by atoms with Gasteiger partial charge in [-0.2, -0.15) is 0 Å². The second-order valence-corrected chi connectivity index (χ2v) is 11.4. The molecule has 0 bridgehead atoms. The molecule has 0 radical (unpaired) electrons. The van der Waals surface area contributed by atoms with Crippen molar-refractivity contribution in [3.8, 4) is 5.75 Å². The van der Waals surface area contributed by atoms with Crippen LogP contribution >= 0.6 is 0 Å². The topological polar surface area (TPSA) is 75.7 Å². The number of para-hydroxylation sites is 1. The van der Waals surface area contributed by atoms with E-state index in [4.69, 9.17) is 4.74 Å². The maximum absolute atomic E-state index is 13.7. The largest absolute Gasteiger partial charge is 0.497 e. The fourth-order valence-electron chi connectivity index (χ4n) is 4.45. The SMILES string of the molecule is COc1ccc(CN(C(=O)C2=CC=C(Nc3ccc(/C=C/S(=O)(=O)c4ccccc4)cc3)C2)c2ccccc2)cc1. The molecule has 0 fully saturated rings. The minimum absolute atomic E-state index is 0.0554. The van der Waals surface area contributed by atoms with Crippen LogP contribution in [-0.4, -0.2) is 21.4 Å². The van der Waals surface area contributed by atoms with Crippen LogP contribution in [0.3, 0.4) is 0 Å². The molecule has 7 heteroatoms. The molecule has 0 aromatic heterocycles. The number of methoxy groups -OCH3 is 1. The fraction of sp³-hybridized carbons (Fsp3) is 0.0882. The summed E-state index contributed by atoms with van der Waals surface area (Å²) in [6.07, 6.45) is 5.84. The minimum Gasteiger partial charge on any atom is -0.497 e. The van der Waals surface area contributed by atoms with Crippen LogP contribution < -0.4 is 15.0 Å². The zero-order valence-electron chi connectivity index (χ0n) is 22.6. The van der Waals surface area contributed by atoms with Gasteiger partial charge in [0.05, 0.1) is 18.6 Å². The summed E-state index contributed by atoms with van der Waals surface area (Å²) in [4.78, 5) is 15.7. The summed E-state index contributed by atoms with van der Waals surface area (Å²) in [6.45, 7) is 0.432. The van der Waals surface area contributed by atoms with Gasteiger partial charge in [0, 0.05) is 34.5 Å². The molecule has 206 valence electrons. The summed E-state index contributed by atoms with van der Waals surface area (Å²) in [7, 11) is -1.88. The van der Waals surface area contributed by atoms with Gasteiger partial charge in [-0.3, -0.25) is 4.79 Å². The molecule has 0 atom stereocenters. The molecule has 0 unspecified atom stereocenters. The molecule has 0 spiro atoms. The van der Waals surface area contributed by atoms with Crippen molar-refractivity contribution >= 4 is 33.2 Å². The van der Waals surface area contributed by atoms with Crippen molar-refractivity contribution in [2.75, 3.05) is 17.3 Å². The monoisotopic (exact) mass is 562 g/mol. The Morgan fingerprint density at radius 2 is 1.51 bits per heavy atom. The third-order valence-corrected chi connectivity index (χ3v) is 8.10. The fourth-order valence-corrected chi connectivity index (χ4v) is 5.48. The number of nitrogens with zero attached hydrogens (tertiary/aromatic N) is 1. The molecule has 1 aliphatic rings. The normalized spacial score (nSPS) is 13.0. The summed E-state index contributed by atoms with van der Waals surface area (Å²) >= 11 is 0. The molecule has 1 aliphatic carbocycles. The van der Waals surface area contributed by atoms with Crippen LogP contribution in [0.2, 0.25) is 0 Å². The van der Waals surface area contributed by atoms with Crippen LogP contribution in [0.15, 0.2) is 143 Å². The van der Waals surface area contributed by atoms with Gasteiger partial charge >= 0.3 is 0 Å². The van der Waals surface area contributed by atoms with Crippen LogP contribution in [-0.2, 0) is 21.2 Å². The Labute approximate surface area is 240 Å². The maximum Gasteiger partial charge on any atom is 0.254 e. The van der Waals surface area contributed by atoms with Crippen LogP contribution in [0.25, 0.3) is 6.08 Å². The number of carbonyl (C=O) groups excluding carboxylic acids is 1. The third kappa shape index (κ3) is 7.01. The number of hydrogen-bond acceptors (Lipinski definition) is 5. The minimum atomic E-state index is -3.51. The van der Waals surface area contributed by atoms with E-state index in [9.17, 15) is 13.2 Å². The van der Waals surface area contributed by atoms with E-state index in [1.54, 1.807) is 48.4 Å². The molecule has 0 aliphatic heterocycles. The first-order chi connectivity index (χ1) is 19.9. The number of ether oxygens (including phenoxy) is 1. The number of anilines is 2. The van der Waals surface area contributed by atoms with E-state index in [0.29, 0.717) is 18.5 Å². The second-order valence-electron chi connectivity index (χ2n) is 9.54. The maximum atomic E-state index is 13.7. The highest BCUT2D eigenvalue weighted by Gasteiger charge is 2.23. The van der Waals surface area contributed by atoms with Gasteiger partial charge in [-0.15, -0.1) is 0 Å². The van der Waals surface area contributed by atoms with Crippen molar-refractivity contribution in [3.05, 3.63) is 149 Å². The lowest BCUT2D eigenvalue weighted by Gasteiger charge is -2.24. The number of nitrogens with one attached hydrogen (secondary N) is 1. The van der Waals surface area contributed by atoms with Gasteiger partial charge in [0.1, 0.15) is 5.75 Å². The standard InChI is InChI=1S/C34H30N2O4S/c1-40-32-20-14-27(15-21-32)25-36(31-8-4-2-5-9-31)34(37)28-16-19-30(24-28)35-29-17-12-26(13-18-29)22-23-41(38,39)33-10-6-3-7-11-33/h2-23,35H,24-25H2,1H3/b23-22+. The predicted molar refractivity (Wildman–Crippen MR) is 164 cm³/mol. The Morgan fingerprint density at radius 1 is 0.854 bits per heavy atom. The van der Waals surface area contributed by atoms with Gasteiger partial charge in [0.15, 0.2) is 9.84 Å². The Balaban J connectivity index is 1.22. The number of hydrogen-bond donors (Lipinski definition) is 1. The van der Waals surface area contributed by atoms with Crippen LogP contribution in [0, 0.1) is 0 Å². The number of amides is 1. The van der Waals surface area contributed by atoms with Gasteiger partial charge in [-0.1, -0.05) is 66.7 Å². The van der Waals surface area contributed by atoms with E-state index < -0.39 is 9.84 Å². The second kappa shape index (κ2) is 12.5. The summed E-state index contributed by atoms with van der Waals surface area (Å²) in [5.74, 6) is 0.714. The highest BCUT2D eigenvalue weighted by atomic mass is 32.2. The average molecular weight is 563 g/mol. The molecule has 4 aromatic carbocycles. The van der Waals surface area contributed by atoms with E-state index in [0.717, 1.165) is 33.9 Å². The van der Waals surface area contributed by atoms with Crippen molar-refractivity contribution in [1.29, 1.82) is 0 Å². The first-order valence-electron chi connectivity index (χ1n) is 13.2. The van der Waals surface area contributed by atoms with Gasteiger partial charge in [-0.05, 0) is 71.8 Å². The Morgan fingerprint density at radius 3 is 2.17 bits per heavy atom. The molecular weight excluding hydrogens is 532 g/mol. The number of benzene rings is 4. The number of allylic oxidation sites excluding steroid dienone is 3. The molecule has 0 heterocycles. The molecule has 0 saturated carbocycles. The molecule has 6 nitrogen and oxygen atoms in total. The Bertz CT molecular complexity index is 1690. The van der Waals surface area contributed by atoms with Gasteiger partial charge in [-0.25, -0.2) is 8.42 Å². The highest BCUT2D eigenvalue weighted by Crippen LogP contribution is 2.27. The van der Waals surface area contributed by atoms with Gasteiger partial charge in [0.2, 0.25) is 0 Å². The molecule has 1 N–H and O–H groups in total. The molecule has 5 rings (SSSR count). The summed E-state index contributed by atoms with van der Waals surface area (Å²) in [6, 6.07) is 33.2. The average Bonchev–Trinajstić information content (AvgIpc) is 3.49. The molecule has 41 heavy (non-hydrogen) atoms. The number of carbonyl (C=O) groups is 1. The van der Waals surface area contributed by atoms with E-state index in [-0.39, 0.29) is 10.8 Å². The summed E-state index contributed by atoms with van der Waals surface area (Å²) < 4.78 is 30.3. The smallest absolute Gasteiger partial charge is 0.254 e. The molecule has 4 aromatic rings. The lowest BCUT2D eigenvalue weighted by molar-refractivity contribution is -0.115. The predicted octanol–water partition coefficient (Wildman–Crippen LogP) is 7.00. The lowest BCUT2D eigenvalue weighted by Crippen LogP contribution is -2.31. The van der Waals surface area contributed by atoms with E-state index in [2.05, 4.69) is 5.32 Å². The zero-order chi connectivity index (χ0) is 28.7. The van der Waals surface area contributed by atoms with Gasteiger partial charge in [0.25, 0.3) is 5.91 Å². The zero-order valence-corrected chi connectivity index (χ0v) is 23.4. The quantitative estimate of drug-likeness (QED) is 0.225. The van der Waals surface area contributed by atoms with Crippen molar-refractivity contribution in [1.82, 2.24) is 0 Å². The van der Waals surface area contributed by atoms with Crippen molar-refractivity contribution < 1.29 is 17.9 Å². The summed E-state index contributed by atoms with van der Waals surface area (Å²) in [5, 5.41) is 4.59. The number of rotatable bonds is 10. The van der Waals surface area contributed by atoms with E-state index in [1.165, 1.54) is 5.41 Å². The molecular formula is C34H30N2O4S. The Kier molecular flexibility index (Phi) is 8.46. The Hall–Kier alpha value is -4.88. The van der Waals surface area contributed by atoms with Crippen molar-refractivity contribution in [2.24, 2.45) is 0 Å². The summed E-state index contributed by atoms with van der Waals surface area (Å²) in [5.41, 5.74) is 5.03. The lowest BCUT2D eigenvalue weighted by atomic mass is 10.1. The van der Waals surface area contributed by atoms with Crippen molar-refractivity contribution in [3.63, 3.8) is 0 Å². The van der Waals surface area contributed by atoms with Crippen molar-refractivity contribution in [2.45, 2.75) is 17.9 Å². The van der Waals surface area contributed by atoms with Crippen LogP contribution in [0.4, 0.5) is 11.4 Å². The van der Waals surface area contributed by atoms with Crippen LogP contribution in [0.5, 0.6) is 5.75 Å². The third-order valence-electron chi connectivity index (χ3n) is 6.68. The molecule has 0 saturated heterocycles. The van der Waals surface area contributed by atoms with Gasteiger partial charge < -0.3 is 15.0 Å². The first-order valence-corrected chi connectivity index (χ1v) is 14.7.